The van der Waals surface area contributed by atoms with Gasteiger partial charge in [0.05, 0.1) is 0 Å². The molecule has 0 heterocycles. The summed E-state index contributed by atoms with van der Waals surface area (Å²) in [5.74, 6) is -0.793. The van der Waals surface area contributed by atoms with Crippen molar-refractivity contribution in [3.05, 3.63) is 35.9 Å². The van der Waals surface area contributed by atoms with E-state index in [1.54, 1.807) is 0 Å². The molecule has 1 aliphatic rings. The number of nitrogens with two attached hydrogens (primary N) is 1. The van der Waals surface area contributed by atoms with Crippen LogP contribution in [0.2, 0.25) is 0 Å². The number of carboxylic acids is 1. The van der Waals surface area contributed by atoms with Crippen LogP contribution in [-0.4, -0.2) is 16.6 Å². The molecule has 1 aliphatic carbocycles. The molecule has 1 aromatic rings. The molecule has 3 N–H and O–H groups in total. The van der Waals surface area contributed by atoms with E-state index in [1.165, 1.54) is 5.56 Å². The van der Waals surface area contributed by atoms with Crippen molar-refractivity contribution in [2.45, 2.75) is 31.2 Å². The summed E-state index contributed by atoms with van der Waals surface area (Å²) in [4.78, 5) is 11.2. The van der Waals surface area contributed by atoms with Gasteiger partial charge >= 0.3 is 5.97 Å². The first-order valence-electron chi connectivity index (χ1n) is 5.69. The van der Waals surface area contributed by atoms with Crippen LogP contribution in [-0.2, 0) is 11.2 Å². The zero-order chi connectivity index (χ0) is 11.6. The molecule has 0 saturated heterocycles. The molecule has 2 unspecified atom stereocenters. The molecule has 1 saturated carbocycles. The van der Waals surface area contributed by atoms with Gasteiger partial charge in [-0.25, -0.2) is 0 Å². The smallest absolute Gasteiger partial charge is 0.323 e. The van der Waals surface area contributed by atoms with Gasteiger partial charge in [-0.05, 0) is 30.7 Å². The first-order valence-corrected chi connectivity index (χ1v) is 5.69. The van der Waals surface area contributed by atoms with Crippen LogP contribution in [0.4, 0.5) is 0 Å². The highest BCUT2D eigenvalue weighted by Gasteiger charge is 2.45. The molecule has 3 nitrogen and oxygen atoms in total. The van der Waals surface area contributed by atoms with Crippen LogP contribution in [0.5, 0.6) is 0 Å². The largest absolute Gasteiger partial charge is 0.480 e. The van der Waals surface area contributed by atoms with Gasteiger partial charge < -0.3 is 10.8 Å². The van der Waals surface area contributed by atoms with Gasteiger partial charge in [0.25, 0.3) is 0 Å². The minimum Gasteiger partial charge on any atom is -0.480 e. The fraction of sp³-hybridized carbons (Fsp3) is 0.462. The molecule has 0 radical (unpaired) electrons. The van der Waals surface area contributed by atoms with Gasteiger partial charge in [0.2, 0.25) is 0 Å². The summed E-state index contributed by atoms with van der Waals surface area (Å²) in [6.45, 7) is 0. The van der Waals surface area contributed by atoms with Crippen molar-refractivity contribution < 1.29 is 9.90 Å². The average molecular weight is 219 g/mol. The van der Waals surface area contributed by atoms with Crippen molar-refractivity contribution in [2.24, 2.45) is 11.7 Å². The minimum absolute atomic E-state index is 0.0624. The Labute approximate surface area is 95.3 Å². The maximum atomic E-state index is 11.2. The Hall–Kier alpha value is -1.35. The summed E-state index contributed by atoms with van der Waals surface area (Å²) < 4.78 is 0. The third-order valence-electron chi connectivity index (χ3n) is 3.59. The lowest BCUT2D eigenvalue weighted by Gasteiger charge is -2.26. The fourth-order valence-electron chi connectivity index (χ4n) is 2.57. The van der Waals surface area contributed by atoms with Crippen molar-refractivity contribution in [1.29, 1.82) is 0 Å². The summed E-state index contributed by atoms with van der Waals surface area (Å²) in [7, 11) is 0. The van der Waals surface area contributed by atoms with Gasteiger partial charge in [0, 0.05) is 0 Å². The second kappa shape index (κ2) is 4.26. The third kappa shape index (κ3) is 1.95. The van der Waals surface area contributed by atoms with E-state index in [0.717, 1.165) is 19.3 Å². The highest BCUT2D eigenvalue weighted by Crippen LogP contribution is 2.36. The molecule has 1 aromatic carbocycles. The van der Waals surface area contributed by atoms with Crippen LogP contribution >= 0.6 is 0 Å². The van der Waals surface area contributed by atoms with Crippen LogP contribution in [0.15, 0.2) is 30.3 Å². The zero-order valence-corrected chi connectivity index (χ0v) is 9.23. The first kappa shape index (κ1) is 11.1. The average Bonchev–Trinajstić information content (AvgIpc) is 2.63. The topological polar surface area (TPSA) is 63.3 Å². The molecule has 16 heavy (non-hydrogen) atoms. The van der Waals surface area contributed by atoms with Gasteiger partial charge in [-0.2, -0.15) is 0 Å². The Kier molecular flexibility index (Phi) is 2.97. The van der Waals surface area contributed by atoms with Crippen LogP contribution < -0.4 is 5.73 Å². The summed E-state index contributed by atoms with van der Waals surface area (Å²) in [5, 5.41) is 9.20. The zero-order valence-electron chi connectivity index (χ0n) is 9.23. The molecule has 0 aromatic heterocycles. The van der Waals surface area contributed by atoms with Crippen molar-refractivity contribution in [3.8, 4) is 0 Å². The number of hydrogen-bond donors (Lipinski definition) is 2. The quantitative estimate of drug-likeness (QED) is 0.815. The van der Waals surface area contributed by atoms with Crippen LogP contribution in [0.3, 0.4) is 0 Å². The number of aliphatic carboxylic acids is 1. The number of benzene rings is 1. The van der Waals surface area contributed by atoms with E-state index in [1.807, 2.05) is 30.3 Å². The Bertz CT molecular complexity index is 377. The second-order valence-electron chi connectivity index (χ2n) is 4.62. The Morgan fingerprint density at radius 1 is 1.44 bits per heavy atom. The van der Waals surface area contributed by atoms with Gasteiger partial charge in [-0.3, -0.25) is 4.79 Å². The predicted octanol–water partition coefficient (Wildman–Crippen LogP) is 1.81. The lowest BCUT2D eigenvalue weighted by Crippen LogP contribution is -2.51. The first-order chi connectivity index (χ1) is 7.63. The van der Waals surface area contributed by atoms with Crippen LogP contribution in [0, 0.1) is 5.92 Å². The van der Waals surface area contributed by atoms with E-state index < -0.39 is 11.5 Å². The number of hydrogen-bond acceptors (Lipinski definition) is 2. The highest BCUT2D eigenvalue weighted by molar-refractivity contribution is 5.79. The van der Waals surface area contributed by atoms with Crippen molar-refractivity contribution in [3.63, 3.8) is 0 Å². The monoisotopic (exact) mass is 219 g/mol. The van der Waals surface area contributed by atoms with Crippen molar-refractivity contribution >= 4 is 5.97 Å². The summed E-state index contributed by atoms with van der Waals surface area (Å²) in [6.07, 6.45) is 3.20. The summed E-state index contributed by atoms with van der Waals surface area (Å²) in [5.41, 5.74) is 6.15. The molecule has 86 valence electrons. The molecular formula is C13H17NO2. The lowest BCUT2D eigenvalue weighted by molar-refractivity contribution is -0.144. The maximum Gasteiger partial charge on any atom is 0.323 e. The van der Waals surface area contributed by atoms with Gasteiger partial charge in [0.15, 0.2) is 0 Å². The molecule has 0 amide bonds. The van der Waals surface area contributed by atoms with Crippen molar-refractivity contribution in [1.82, 2.24) is 0 Å². The number of carbonyl (C=O) groups is 1. The highest BCUT2D eigenvalue weighted by atomic mass is 16.4. The fourth-order valence-corrected chi connectivity index (χ4v) is 2.57. The van der Waals surface area contributed by atoms with Crippen molar-refractivity contribution in [2.75, 3.05) is 0 Å². The molecule has 3 heteroatoms. The Balaban J connectivity index is 2.13. The van der Waals surface area contributed by atoms with Gasteiger partial charge in [-0.15, -0.1) is 0 Å². The molecule has 0 aliphatic heterocycles. The molecule has 0 spiro atoms. The summed E-state index contributed by atoms with van der Waals surface area (Å²) in [6, 6.07) is 9.97. The third-order valence-corrected chi connectivity index (χ3v) is 3.59. The van der Waals surface area contributed by atoms with E-state index >= 15 is 0 Å². The molecular weight excluding hydrogens is 202 g/mol. The lowest BCUT2D eigenvalue weighted by atomic mass is 9.83. The molecule has 2 atom stereocenters. The van der Waals surface area contributed by atoms with E-state index in [9.17, 15) is 9.90 Å². The maximum absolute atomic E-state index is 11.2. The van der Waals surface area contributed by atoms with Gasteiger partial charge in [0.1, 0.15) is 5.54 Å². The molecule has 1 fully saturated rings. The van der Waals surface area contributed by atoms with E-state index in [4.69, 9.17) is 5.73 Å². The van der Waals surface area contributed by atoms with E-state index in [0.29, 0.717) is 6.42 Å². The van der Waals surface area contributed by atoms with Crippen LogP contribution in [0.1, 0.15) is 24.8 Å². The second-order valence-corrected chi connectivity index (χ2v) is 4.62. The minimum atomic E-state index is -1.02. The number of carboxylic acid groups (broad SMARTS) is 1. The normalized spacial score (nSPS) is 29.2. The molecule has 0 bridgehead atoms. The van der Waals surface area contributed by atoms with Crippen LogP contribution in [0.25, 0.3) is 0 Å². The predicted molar refractivity (Wildman–Crippen MR) is 62.0 cm³/mol. The summed E-state index contributed by atoms with van der Waals surface area (Å²) >= 11 is 0. The number of rotatable bonds is 3. The van der Waals surface area contributed by atoms with Gasteiger partial charge in [-0.1, -0.05) is 36.8 Å². The van der Waals surface area contributed by atoms with E-state index in [2.05, 4.69) is 0 Å². The molecule has 2 rings (SSSR count). The van der Waals surface area contributed by atoms with E-state index in [-0.39, 0.29) is 5.92 Å². The SMILES string of the molecule is NC1(C(=O)O)CCCC1Cc1ccccc1. The Morgan fingerprint density at radius 3 is 2.75 bits per heavy atom. The Morgan fingerprint density at radius 2 is 2.12 bits per heavy atom. The standard InChI is InChI=1S/C13H17NO2/c14-13(12(15)16)8-4-7-11(13)9-10-5-2-1-3-6-10/h1-3,5-6,11H,4,7-9,14H2,(H,15,16).